The summed E-state index contributed by atoms with van der Waals surface area (Å²) in [5, 5.41) is 2.95. The summed E-state index contributed by atoms with van der Waals surface area (Å²) >= 11 is 0. The minimum atomic E-state index is -0.156. The van der Waals surface area contributed by atoms with Gasteiger partial charge in [0.15, 0.2) is 0 Å². The molecule has 0 fully saturated rings. The van der Waals surface area contributed by atoms with Crippen LogP contribution in [0.15, 0.2) is 18.2 Å². The Hall–Kier alpha value is -1.05. The van der Waals surface area contributed by atoms with Gasteiger partial charge in [-0.25, -0.2) is 4.39 Å². The van der Waals surface area contributed by atoms with Crippen LogP contribution in [-0.4, -0.2) is 6.54 Å². The number of aryl methyl sites for hydroxylation is 1. The molecule has 0 unspecified atom stereocenters. The van der Waals surface area contributed by atoms with Crippen LogP contribution in [0.2, 0.25) is 0 Å². The number of hydrogen-bond donors (Lipinski definition) is 1. The molecule has 1 aromatic rings. The zero-order valence-electron chi connectivity index (χ0n) is 7.52. The first kappa shape index (κ1) is 9.04. The number of halogens is 1. The Kier molecular flexibility index (Phi) is 3.09. The van der Waals surface area contributed by atoms with E-state index in [2.05, 4.69) is 5.32 Å². The van der Waals surface area contributed by atoms with E-state index in [1.165, 1.54) is 0 Å². The average Bonchev–Trinajstić information content (AvgIpc) is 2.09. The van der Waals surface area contributed by atoms with Crippen molar-refractivity contribution in [3.63, 3.8) is 0 Å². The number of nitrogens with one attached hydrogen (secondary N) is 1. The molecule has 0 heterocycles. The van der Waals surface area contributed by atoms with Gasteiger partial charge in [0.1, 0.15) is 5.82 Å². The van der Waals surface area contributed by atoms with Gasteiger partial charge in [-0.2, -0.15) is 0 Å². The van der Waals surface area contributed by atoms with Crippen molar-refractivity contribution in [3.8, 4) is 0 Å². The van der Waals surface area contributed by atoms with Crippen molar-refractivity contribution in [1.29, 1.82) is 0 Å². The highest BCUT2D eigenvalue weighted by Crippen LogP contribution is 2.15. The summed E-state index contributed by atoms with van der Waals surface area (Å²) in [6.07, 6.45) is 0.878. The average molecular weight is 167 g/mol. The van der Waals surface area contributed by atoms with Gasteiger partial charge in [0.25, 0.3) is 0 Å². The lowest BCUT2D eigenvalue weighted by atomic mass is 10.1. The van der Waals surface area contributed by atoms with Crippen LogP contribution in [0.5, 0.6) is 0 Å². The van der Waals surface area contributed by atoms with Crippen LogP contribution in [0.3, 0.4) is 0 Å². The second-order valence-corrected chi connectivity index (χ2v) is 2.70. The molecular formula is C10H14FN. The fraction of sp³-hybridized carbons (Fsp3) is 0.400. The fourth-order valence-corrected chi connectivity index (χ4v) is 1.11. The molecule has 0 bridgehead atoms. The molecule has 0 aliphatic rings. The summed E-state index contributed by atoms with van der Waals surface area (Å²) in [6.45, 7) is 4.72. The van der Waals surface area contributed by atoms with Crippen LogP contribution in [-0.2, 0) is 6.42 Å². The third-order valence-corrected chi connectivity index (χ3v) is 1.81. The van der Waals surface area contributed by atoms with Crippen LogP contribution in [0.4, 0.5) is 10.1 Å². The van der Waals surface area contributed by atoms with Crippen molar-refractivity contribution < 1.29 is 4.39 Å². The van der Waals surface area contributed by atoms with Crippen LogP contribution < -0.4 is 5.32 Å². The molecule has 0 saturated heterocycles. The molecule has 1 rings (SSSR count). The minimum absolute atomic E-state index is 0.156. The van der Waals surface area contributed by atoms with Gasteiger partial charge in [0.05, 0.1) is 5.69 Å². The third kappa shape index (κ3) is 1.97. The predicted octanol–water partition coefficient (Wildman–Crippen LogP) is 2.82. The first-order valence-corrected chi connectivity index (χ1v) is 4.30. The van der Waals surface area contributed by atoms with E-state index in [0.29, 0.717) is 5.69 Å². The minimum Gasteiger partial charge on any atom is -0.383 e. The lowest BCUT2D eigenvalue weighted by Crippen LogP contribution is -1.99. The van der Waals surface area contributed by atoms with Gasteiger partial charge in [-0.1, -0.05) is 13.0 Å². The topological polar surface area (TPSA) is 12.0 Å². The summed E-state index contributed by atoms with van der Waals surface area (Å²) in [4.78, 5) is 0. The van der Waals surface area contributed by atoms with E-state index in [4.69, 9.17) is 0 Å². The van der Waals surface area contributed by atoms with Crippen molar-refractivity contribution >= 4 is 5.69 Å². The van der Waals surface area contributed by atoms with E-state index in [1.54, 1.807) is 12.1 Å². The molecule has 0 aromatic heterocycles. The van der Waals surface area contributed by atoms with Gasteiger partial charge < -0.3 is 5.32 Å². The number of rotatable bonds is 3. The van der Waals surface area contributed by atoms with Gasteiger partial charge in [-0.15, -0.1) is 0 Å². The van der Waals surface area contributed by atoms with Gasteiger partial charge in [0.2, 0.25) is 0 Å². The molecule has 1 aromatic carbocycles. The van der Waals surface area contributed by atoms with Gasteiger partial charge in [0, 0.05) is 6.54 Å². The number of anilines is 1. The maximum absolute atomic E-state index is 13.2. The summed E-state index contributed by atoms with van der Waals surface area (Å²) in [6, 6.07) is 5.32. The number of hydrogen-bond acceptors (Lipinski definition) is 1. The van der Waals surface area contributed by atoms with E-state index in [1.807, 2.05) is 19.9 Å². The zero-order chi connectivity index (χ0) is 8.97. The van der Waals surface area contributed by atoms with E-state index < -0.39 is 0 Å². The molecular weight excluding hydrogens is 153 g/mol. The van der Waals surface area contributed by atoms with Crippen LogP contribution in [0, 0.1) is 5.82 Å². The lowest BCUT2D eigenvalue weighted by Gasteiger charge is -2.05. The van der Waals surface area contributed by atoms with E-state index >= 15 is 0 Å². The third-order valence-electron chi connectivity index (χ3n) is 1.81. The summed E-state index contributed by atoms with van der Waals surface area (Å²) < 4.78 is 13.2. The monoisotopic (exact) mass is 167 g/mol. The largest absolute Gasteiger partial charge is 0.383 e. The van der Waals surface area contributed by atoms with E-state index in [9.17, 15) is 4.39 Å². The Balaban J connectivity index is 2.87. The molecule has 0 saturated carbocycles. The first-order valence-electron chi connectivity index (χ1n) is 4.30. The molecule has 2 heteroatoms. The van der Waals surface area contributed by atoms with E-state index in [-0.39, 0.29) is 5.82 Å². The molecule has 0 atom stereocenters. The normalized spacial score (nSPS) is 9.92. The highest BCUT2D eigenvalue weighted by molar-refractivity contribution is 5.46. The second-order valence-electron chi connectivity index (χ2n) is 2.70. The zero-order valence-corrected chi connectivity index (χ0v) is 7.52. The molecule has 0 amide bonds. The molecule has 0 radical (unpaired) electrons. The number of benzene rings is 1. The molecule has 12 heavy (non-hydrogen) atoms. The van der Waals surface area contributed by atoms with Crippen LogP contribution in [0.25, 0.3) is 0 Å². The van der Waals surface area contributed by atoms with Crippen LogP contribution >= 0.6 is 0 Å². The SMILES string of the molecule is CCNc1ccc(CC)cc1F. The highest BCUT2D eigenvalue weighted by atomic mass is 19.1. The Morgan fingerprint density at radius 2 is 2.08 bits per heavy atom. The predicted molar refractivity (Wildman–Crippen MR) is 49.9 cm³/mol. The quantitative estimate of drug-likeness (QED) is 0.730. The van der Waals surface area contributed by atoms with Crippen LogP contribution in [0.1, 0.15) is 19.4 Å². The van der Waals surface area contributed by atoms with Gasteiger partial charge in [-0.3, -0.25) is 0 Å². The molecule has 0 spiro atoms. The maximum Gasteiger partial charge on any atom is 0.146 e. The Morgan fingerprint density at radius 3 is 2.58 bits per heavy atom. The molecule has 66 valence electrons. The molecule has 1 nitrogen and oxygen atoms in total. The Bertz CT molecular complexity index is 258. The summed E-state index contributed by atoms with van der Waals surface area (Å²) in [7, 11) is 0. The fourth-order valence-electron chi connectivity index (χ4n) is 1.11. The van der Waals surface area contributed by atoms with E-state index in [0.717, 1.165) is 18.5 Å². The second kappa shape index (κ2) is 4.10. The van der Waals surface area contributed by atoms with Crippen molar-refractivity contribution in [2.75, 3.05) is 11.9 Å². The molecule has 1 N–H and O–H groups in total. The summed E-state index contributed by atoms with van der Waals surface area (Å²) in [5.41, 5.74) is 1.63. The standard InChI is InChI=1S/C10H14FN/c1-3-8-5-6-10(12-4-2)9(11)7-8/h5-7,12H,3-4H2,1-2H3. The lowest BCUT2D eigenvalue weighted by molar-refractivity contribution is 0.628. The smallest absolute Gasteiger partial charge is 0.146 e. The van der Waals surface area contributed by atoms with Gasteiger partial charge in [-0.05, 0) is 31.0 Å². The Morgan fingerprint density at radius 1 is 1.33 bits per heavy atom. The Labute approximate surface area is 72.6 Å². The van der Waals surface area contributed by atoms with Crippen molar-refractivity contribution in [2.45, 2.75) is 20.3 Å². The van der Waals surface area contributed by atoms with Gasteiger partial charge >= 0.3 is 0 Å². The van der Waals surface area contributed by atoms with Crippen molar-refractivity contribution in [1.82, 2.24) is 0 Å². The first-order chi connectivity index (χ1) is 5.77. The summed E-state index contributed by atoms with van der Waals surface area (Å²) in [5.74, 6) is -0.156. The molecule has 0 aliphatic heterocycles. The van der Waals surface area contributed by atoms with Crippen molar-refractivity contribution in [3.05, 3.63) is 29.6 Å². The molecule has 0 aliphatic carbocycles. The maximum atomic E-state index is 13.2. The highest BCUT2D eigenvalue weighted by Gasteiger charge is 2.00. The van der Waals surface area contributed by atoms with Crippen molar-refractivity contribution in [2.24, 2.45) is 0 Å².